The monoisotopic (exact) mass is 470 g/mol. The Morgan fingerprint density at radius 1 is 1.20 bits per heavy atom. The smallest absolute Gasteiger partial charge is 0.246 e. The number of hydrogen-bond donors (Lipinski definition) is 0. The fraction of sp³-hybridized carbons (Fsp3) is 0.294. The van der Waals surface area contributed by atoms with Crippen LogP contribution in [0.2, 0.25) is 5.02 Å². The highest BCUT2D eigenvalue weighted by molar-refractivity contribution is 7.89. The first-order valence-electron chi connectivity index (χ1n) is 8.88. The summed E-state index contributed by atoms with van der Waals surface area (Å²) in [5, 5.41) is 15.6. The van der Waals surface area contributed by atoms with E-state index in [4.69, 9.17) is 11.6 Å². The fourth-order valence-electron chi connectivity index (χ4n) is 3.00. The predicted octanol–water partition coefficient (Wildman–Crippen LogP) is 1.73. The highest BCUT2D eigenvalue weighted by atomic mass is 35.5. The summed E-state index contributed by atoms with van der Waals surface area (Å²) in [6.07, 6.45) is 0. The zero-order valence-electron chi connectivity index (χ0n) is 15.5. The molecule has 158 valence electrons. The molecule has 2 aromatic heterocycles. The second kappa shape index (κ2) is 8.38. The Morgan fingerprint density at radius 2 is 1.97 bits per heavy atom. The molecule has 0 unspecified atom stereocenters. The molecule has 9 nitrogen and oxygen atoms in total. The second-order valence-electron chi connectivity index (χ2n) is 6.52. The van der Waals surface area contributed by atoms with Crippen molar-refractivity contribution in [3.63, 3.8) is 0 Å². The summed E-state index contributed by atoms with van der Waals surface area (Å²) >= 11 is 7.22. The van der Waals surface area contributed by atoms with E-state index in [1.165, 1.54) is 26.5 Å². The van der Waals surface area contributed by atoms with Gasteiger partial charge >= 0.3 is 0 Å². The molecule has 3 heterocycles. The van der Waals surface area contributed by atoms with Gasteiger partial charge in [-0.1, -0.05) is 11.6 Å². The number of carbonyl (C=O) groups excluding carboxylic acids is 1. The van der Waals surface area contributed by atoms with Gasteiger partial charge in [-0.25, -0.2) is 12.8 Å². The first-order valence-corrected chi connectivity index (χ1v) is 11.6. The molecule has 4 rings (SSSR count). The standard InChI is InChI=1S/C17H16ClFN6O3S2/c18-14-9-13(1-2-15(14)19)30(27,28)24-6-4-23(5-7-24)16(26)10-25-21-17(20-22-25)12-3-8-29-11-12/h1-3,8-9,11H,4-7,10H2. The Hall–Kier alpha value is -2.41. The number of benzene rings is 1. The molecular formula is C17H16ClFN6O3S2. The minimum absolute atomic E-state index is 0.0820. The molecule has 0 bridgehead atoms. The van der Waals surface area contributed by atoms with E-state index in [0.717, 1.165) is 17.7 Å². The molecule has 1 aromatic carbocycles. The molecule has 0 atom stereocenters. The highest BCUT2D eigenvalue weighted by Gasteiger charge is 2.30. The minimum atomic E-state index is -3.83. The zero-order valence-corrected chi connectivity index (χ0v) is 17.9. The third kappa shape index (κ3) is 4.21. The molecule has 1 saturated heterocycles. The van der Waals surface area contributed by atoms with Crippen LogP contribution in [0.5, 0.6) is 0 Å². The van der Waals surface area contributed by atoms with Gasteiger partial charge in [-0.15, -0.1) is 10.2 Å². The van der Waals surface area contributed by atoms with Gasteiger partial charge in [0.25, 0.3) is 0 Å². The van der Waals surface area contributed by atoms with Gasteiger partial charge in [-0.2, -0.15) is 20.4 Å². The van der Waals surface area contributed by atoms with Gasteiger partial charge in [0, 0.05) is 37.1 Å². The molecule has 30 heavy (non-hydrogen) atoms. The van der Waals surface area contributed by atoms with Crippen molar-refractivity contribution >= 4 is 38.9 Å². The molecule has 1 aliphatic rings. The Bertz CT molecular complexity index is 1160. The summed E-state index contributed by atoms with van der Waals surface area (Å²) in [5.41, 5.74) is 0.832. The number of carbonyl (C=O) groups is 1. The summed E-state index contributed by atoms with van der Waals surface area (Å²) < 4.78 is 40.1. The number of aromatic nitrogens is 4. The summed E-state index contributed by atoms with van der Waals surface area (Å²) in [7, 11) is -3.83. The van der Waals surface area contributed by atoms with Crippen LogP contribution in [0.15, 0.2) is 39.9 Å². The van der Waals surface area contributed by atoms with Crippen LogP contribution in [0.3, 0.4) is 0 Å². The first-order chi connectivity index (χ1) is 14.3. The van der Waals surface area contributed by atoms with Crippen molar-refractivity contribution in [3.8, 4) is 11.4 Å². The molecule has 1 aliphatic heterocycles. The third-order valence-electron chi connectivity index (χ3n) is 4.63. The van der Waals surface area contributed by atoms with Gasteiger partial charge in [0.05, 0.1) is 9.92 Å². The lowest BCUT2D eigenvalue weighted by molar-refractivity contribution is -0.133. The first kappa shape index (κ1) is 20.8. The van der Waals surface area contributed by atoms with Crippen molar-refractivity contribution in [2.45, 2.75) is 11.4 Å². The Balaban J connectivity index is 1.37. The number of tetrazole rings is 1. The molecule has 1 amide bonds. The van der Waals surface area contributed by atoms with Gasteiger partial charge in [0.2, 0.25) is 21.8 Å². The number of sulfonamides is 1. The number of thiophene rings is 1. The van der Waals surface area contributed by atoms with Crippen LogP contribution in [0, 0.1) is 5.82 Å². The lowest BCUT2D eigenvalue weighted by Gasteiger charge is -2.33. The number of halogens is 2. The summed E-state index contributed by atoms with van der Waals surface area (Å²) in [6, 6.07) is 5.15. The highest BCUT2D eigenvalue weighted by Crippen LogP contribution is 2.23. The number of nitrogens with zero attached hydrogens (tertiary/aromatic N) is 6. The van der Waals surface area contributed by atoms with E-state index < -0.39 is 15.8 Å². The van der Waals surface area contributed by atoms with Gasteiger partial charge in [-0.3, -0.25) is 4.79 Å². The predicted molar refractivity (Wildman–Crippen MR) is 108 cm³/mol. The second-order valence-corrected chi connectivity index (χ2v) is 9.64. The number of amides is 1. The maximum absolute atomic E-state index is 13.3. The molecule has 0 radical (unpaired) electrons. The van der Waals surface area contributed by atoms with Crippen LogP contribution < -0.4 is 0 Å². The molecule has 0 saturated carbocycles. The molecular weight excluding hydrogens is 455 g/mol. The van der Waals surface area contributed by atoms with Crippen LogP contribution in [-0.4, -0.2) is 69.9 Å². The van der Waals surface area contributed by atoms with Gasteiger partial charge in [-0.05, 0) is 34.9 Å². The molecule has 3 aromatic rings. The lowest BCUT2D eigenvalue weighted by atomic mass is 10.3. The Kier molecular flexibility index (Phi) is 5.82. The van der Waals surface area contributed by atoms with Crippen LogP contribution in [0.4, 0.5) is 4.39 Å². The number of rotatable bonds is 5. The van der Waals surface area contributed by atoms with Crippen molar-refractivity contribution in [3.05, 3.63) is 45.9 Å². The van der Waals surface area contributed by atoms with Gasteiger partial charge in [0.15, 0.2) is 0 Å². The number of piperazine rings is 1. The van der Waals surface area contributed by atoms with E-state index in [0.29, 0.717) is 5.82 Å². The maximum atomic E-state index is 13.3. The average Bonchev–Trinajstić information content (AvgIpc) is 3.42. The summed E-state index contributed by atoms with van der Waals surface area (Å²) in [5.74, 6) is -0.473. The normalized spacial score (nSPS) is 15.5. The fourth-order valence-corrected chi connectivity index (χ4v) is 5.33. The average molecular weight is 471 g/mol. The van der Waals surface area contributed by atoms with Crippen molar-refractivity contribution in [1.29, 1.82) is 0 Å². The Morgan fingerprint density at radius 3 is 2.63 bits per heavy atom. The van der Waals surface area contributed by atoms with E-state index in [2.05, 4.69) is 15.4 Å². The maximum Gasteiger partial charge on any atom is 0.246 e. The SMILES string of the molecule is O=C(Cn1nnc(-c2ccsc2)n1)N1CCN(S(=O)(=O)c2ccc(F)c(Cl)c2)CC1. The molecule has 0 aliphatic carbocycles. The van der Waals surface area contributed by atoms with Crippen molar-refractivity contribution < 1.29 is 17.6 Å². The van der Waals surface area contributed by atoms with Crippen molar-refractivity contribution in [1.82, 2.24) is 29.4 Å². The summed E-state index contributed by atoms with van der Waals surface area (Å²) in [6.45, 7) is 0.595. The molecule has 0 N–H and O–H groups in total. The zero-order chi connectivity index (χ0) is 21.3. The van der Waals surface area contributed by atoms with Crippen LogP contribution in [0.25, 0.3) is 11.4 Å². The van der Waals surface area contributed by atoms with E-state index in [-0.39, 0.29) is 48.5 Å². The summed E-state index contributed by atoms with van der Waals surface area (Å²) in [4.78, 5) is 15.2. The third-order valence-corrected chi connectivity index (χ3v) is 7.50. The van der Waals surface area contributed by atoms with E-state index >= 15 is 0 Å². The topological polar surface area (TPSA) is 101 Å². The van der Waals surface area contributed by atoms with Gasteiger partial charge in [0.1, 0.15) is 12.4 Å². The number of hydrogen-bond acceptors (Lipinski definition) is 7. The van der Waals surface area contributed by atoms with Crippen LogP contribution in [-0.2, 0) is 21.4 Å². The van der Waals surface area contributed by atoms with Crippen LogP contribution >= 0.6 is 22.9 Å². The molecule has 13 heteroatoms. The van der Waals surface area contributed by atoms with E-state index in [1.54, 1.807) is 4.90 Å². The van der Waals surface area contributed by atoms with E-state index in [1.807, 2.05) is 16.8 Å². The minimum Gasteiger partial charge on any atom is -0.338 e. The molecule has 0 spiro atoms. The lowest BCUT2D eigenvalue weighted by Crippen LogP contribution is -2.51. The van der Waals surface area contributed by atoms with Crippen molar-refractivity contribution in [2.24, 2.45) is 0 Å². The molecule has 1 fully saturated rings. The van der Waals surface area contributed by atoms with Crippen LogP contribution in [0.1, 0.15) is 0 Å². The quantitative estimate of drug-likeness (QED) is 0.562. The Labute approximate surface area is 180 Å². The largest absolute Gasteiger partial charge is 0.338 e. The van der Waals surface area contributed by atoms with Crippen molar-refractivity contribution in [2.75, 3.05) is 26.2 Å². The van der Waals surface area contributed by atoms with Gasteiger partial charge < -0.3 is 4.90 Å². The van der Waals surface area contributed by atoms with E-state index in [9.17, 15) is 17.6 Å².